The Labute approximate surface area is 552 Å². The summed E-state index contributed by atoms with van der Waals surface area (Å²) in [6.07, 6.45) is -11.1. The summed E-state index contributed by atoms with van der Waals surface area (Å²) in [5.74, 6) is -69.7. The number of esters is 1. The van der Waals surface area contributed by atoms with Crippen LogP contribution in [0.15, 0.2) is 29.3 Å². The lowest BCUT2D eigenvalue weighted by atomic mass is 9.61. The molecule has 1 unspecified atom stereocenters. The van der Waals surface area contributed by atoms with Crippen molar-refractivity contribution in [2.75, 3.05) is 69.6 Å². The number of aliphatic carboxylic acids is 1. The maximum Gasteiger partial charge on any atom is 0.460 e. The monoisotopic (exact) mass is 1480 g/mol. The summed E-state index contributed by atoms with van der Waals surface area (Å²) in [7, 11) is 1.06. The summed E-state index contributed by atoms with van der Waals surface area (Å²) in [5, 5.41) is 34.6. The molecule has 0 fully saturated rings. The molecule has 0 aliphatic rings. The molecule has 0 radical (unpaired) electrons. The van der Waals surface area contributed by atoms with Gasteiger partial charge in [-0.2, -0.15) is 74.6 Å². The number of alkyl halides is 19. The van der Waals surface area contributed by atoms with Gasteiger partial charge in [-0.15, -0.1) is 23.2 Å². The van der Waals surface area contributed by atoms with Gasteiger partial charge in [0.15, 0.2) is 5.96 Å². The van der Waals surface area contributed by atoms with Crippen LogP contribution in [-0.2, 0) is 54.3 Å². The molecule has 0 bridgehead atoms. The number of nitrogens with one attached hydrogen (secondary N) is 7. The van der Waals surface area contributed by atoms with E-state index >= 15 is 17.6 Å². The maximum absolute atomic E-state index is 15.8. The number of unbranched alkanes of at least 4 members (excludes halogenated alkanes) is 1. The van der Waals surface area contributed by atoms with Crippen LogP contribution in [0, 0.1) is 10.8 Å². The minimum atomic E-state index is -8.89. The number of aliphatic imine (C=N–C) groups is 1. The van der Waals surface area contributed by atoms with E-state index in [4.69, 9.17) is 45.1 Å². The van der Waals surface area contributed by atoms with Crippen molar-refractivity contribution in [3.63, 3.8) is 0 Å². The van der Waals surface area contributed by atoms with Crippen molar-refractivity contribution in [1.82, 2.24) is 37.2 Å². The first kappa shape index (κ1) is 87.8. The molecule has 5 atom stereocenters. The number of carboxylic acids is 1. The largest absolute Gasteiger partial charge is 0.481 e. The van der Waals surface area contributed by atoms with Crippen molar-refractivity contribution < 1.29 is 133 Å². The zero-order valence-electron chi connectivity index (χ0n) is 52.2. The number of aliphatic hydroxyl groups is 1. The van der Waals surface area contributed by atoms with Crippen molar-refractivity contribution in [3.05, 3.63) is 29.8 Å². The zero-order chi connectivity index (χ0) is 75.3. The number of rotatable bonds is 43. The van der Waals surface area contributed by atoms with Gasteiger partial charge >= 0.3 is 59.6 Å². The number of nitrogens with zero attached hydrogens (tertiary/aromatic N) is 2. The fourth-order valence-electron chi connectivity index (χ4n) is 8.55. The minimum Gasteiger partial charge on any atom is -0.481 e. The number of anilines is 1. The smallest absolute Gasteiger partial charge is 0.460 e. The van der Waals surface area contributed by atoms with Gasteiger partial charge in [0.05, 0.1) is 38.1 Å². The Kier molecular flexibility index (Phi) is 32.7. The number of ether oxygens (including phenoxy) is 1. The lowest BCUT2D eigenvalue weighted by molar-refractivity contribution is -0.466. The standard InChI is InChI=1S/C54H75Cl2F17N12O12/c1-45(2,46(3,4)47(57,58)48(59,60)49(61,62)50(63,64)51(65,66)52(67,68)53(69,70)54(71,72)73)43(96)78-19-7-6-11-31(39(92)77-20-9-12-35(87)82-33(42(95)97-5)24-28-13-15-29(16-14-28)85(22-17-55)23-18-56)83-41(94)34(27-86)84-40(93)32(25-37(89)90)81-36(88)26-80-38(91)30(74)10-8-21-79-44(75)76/h13-16,30-34,86H,6-12,17-27,74H2,1-5H3,(H,77,92)(H,78,96)(H,80,91)(H,81,88)(H,82,87)(H,83,94)(H,84,93)(H,89,90)(H4,75,76,79)/t30-,31-,32-,33?,34-/m0/s1. The number of carbonyl (C=O) groups excluding carboxylic acids is 8. The summed E-state index contributed by atoms with van der Waals surface area (Å²) >= 11 is 11.8. The third-order valence-electron chi connectivity index (χ3n) is 15.2. The molecule has 1 rings (SSSR count). The molecule has 0 saturated carbocycles. The predicted octanol–water partition coefficient (Wildman–Crippen LogP) is 3.83. The van der Waals surface area contributed by atoms with Crippen LogP contribution in [0.4, 0.5) is 80.3 Å². The number of nitrogens with two attached hydrogens (primary N) is 3. The van der Waals surface area contributed by atoms with Crippen LogP contribution >= 0.6 is 23.2 Å². The second kappa shape index (κ2) is 36.1. The van der Waals surface area contributed by atoms with Crippen molar-refractivity contribution in [2.45, 2.75) is 163 Å². The van der Waals surface area contributed by atoms with Gasteiger partial charge in [0.1, 0.15) is 24.2 Å². The van der Waals surface area contributed by atoms with E-state index in [0.717, 1.165) is 12.8 Å². The fourth-order valence-corrected chi connectivity index (χ4v) is 8.96. The Morgan fingerprint density at radius 2 is 1.06 bits per heavy atom. The van der Waals surface area contributed by atoms with Crippen LogP contribution in [0.1, 0.15) is 84.6 Å². The van der Waals surface area contributed by atoms with Gasteiger partial charge in [0.25, 0.3) is 0 Å². The number of amides is 7. The van der Waals surface area contributed by atoms with Crippen molar-refractivity contribution in [1.29, 1.82) is 0 Å². The second-order valence-corrected chi connectivity index (χ2v) is 23.3. The number of aliphatic hydroxyl groups excluding tert-OH is 1. The third-order valence-corrected chi connectivity index (χ3v) is 15.5. The molecule has 0 aromatic heterocycles. The number of carboxylic acid groups (broad SMARTS) is 1. The molecule has 7 amide bonds. The fraction of sp³-hybridized carbons (Fsp3) is 0.704. The minimum absolute atomic E-state index is 0.0222. The van der Waals surface area contributed by atoms with Crippen LogP contribution in [0.25, 0.3) is 0 Å². The van der Waals surface area contributed by atoms with Gasteiger partial charge in [-0.25, -0.2) is 4.79 Å². The first-order chi connectivity index (χ1) is 44.3. The SMILES string of the molecule is COC(=O)C(Cc1ccc(N(CCCl)CCCl)cc1)NC(=O)CCCNC(=O)[C@H](CCCCNC(=O)C(C)(C)C(C)(C)C(F)(F)C(F)(F)C(F)(F)C(F)(F)C(F)(F)C(F)(F)C(F)(F)C(F)(F)F)NC(=O)[C@H](CO)NC(=O)[C@H](CC(=O)O)NC(=O)CNC(=O)[C@@H](N)CCCN=C(N)N. The molecule has 0 aliphatic heterocycles. The van der Waals surface area contributed by atoms with Gasteiger partial charge in [0.2, 0.25) is 41.4 Å². The molecule has 15 N–H and O–H groups in total. The number of hydrogen-bond donors (Lipinski definition) is 12. The summed E-state index contributed by atoms with van der Waals surface area (Å²) in [4.78, 5) is 123. The summed E-state index contributed by atoms with van der Waals surface area (Å²) in [6, 6.07) is -1.63. The Morgan fingerprint density at radius 3 is 1.55 bits per heavy atom. The lowest BCUT2D eigenvalue weighted by Gasteiger charge is -2.50. The van der Waals surface area contributed by atoms with Crippen molar-refractivity contribution >= 4 is 88.1 Å². The molecular formula is C54H75Cl2F17N12O12. The van der Waals surface area contributed by atoms with Crippen LogP contribution in [-0.4, -0.2) is 212 Å². The van der Waals surface area contributed by atoms with E-state index in [2.05, 4.69) is 26.3 Å². The number of carbonyl (C=O) groups is 9. The number of benzene rings is 1. The highest BCUT2D eigenvalue weighted by Crippen LogP contribution is 2.67. The van der Waals surface area contributed by atoms with E-state index in [1.807, 2.05) is 20.9 Å². The maximum atomic E-state index is 15.8. The van der Waals surface area contributed by atoms with E-state index in [-0.39, 0.29) is 77.6 Å². The molecule has 0 spiro atoms. The van der Waals surface area contributed by atoms with E-state index < -0.39 is 200 Å². The number of methoxy groups -OCH3 is 1. The lowest BCUT2D eigenvalue weighted by Crippen LogP contribution is -2.76. The highest BCUT2D eigenvalue weighted by atomic mass is 35.5. The van der Waals surface area contributed by atoms with Crippen molar-refractivity contribution in [2.24, 2.45) is 33.0 Å². The number of guanidine groups is 1. The van der Waals surface area contributed by atoms with E-state index in [1.54, 1.807) is 24.3 Å². The molecule has 0 saturated heterocycles. The Morgan fingerprint density at radius 1 is 0.577 bits per heavy atom. The first-order valence-corrected chi connectivity index (χ1v) is 29.8. The molecule has 556 valence electrons. The molecule has 0 heterocycles. The van der Waals surface area contributed by atoms with Gasteiger partial charge in [-0.1, -0.05) is 39.8 Å². The van der Waals surface area contributed by atoms with E-state index in [1.165, 1.54) is 0 Å². The zero-order valence-corrected chi connectivity index (χ0v) is 53.7. The van der Waals surface area contributed by atoms with Gasteiger partial charge in [-0.05, 0) is 56.2 Å². The molecule has 0 aliphatic carbocycles. The number of halogens is 19. The van der Waals surface area contributed by atoms with Crippen molar-refractivity contribution in [3.8, 4) is 0 Å². The van der Waals surface area contributed by atoms with Crippen LogP contribution in [0.3, 0.4) is 0 Å². The first-order valence-electron chi connectivity index (χ1n) is 28.7. The molecule has 1 aromatic rings. The predicted molar refractivity (Wildman–Crippen MR) is 311 cm³/mol. The quantitative estimate of drug-likeness (QED) is 0.0110. The topological polar surface area (TPSA) is 381 Å². The van der Waals surface area contributed by atoms with Gasteiger partial charge in [0, 0.05) is 68.4 Å². The van der Waals surface area contributed by atoms with E-state index in [0.29, 0.717) is 18.7 Å². The molecular weight excluding hydrogens is 1400 g/mol. The summed E-state index contributed by atoms with van der Waals surface area (Å²) < 4.78 is 246. The van der Waals surface area contributed by atoms with Gasteiger partial charge in [-0.3, -0.25) is 43.3 Å². The Hall–Kier alpha value is -7.17. The van der Waals surface area contributed by atoms with Crippen LogP contribution < -0.4 is 59.3 Å². The van der Waals surface area contributed by atoms with Crippen LogP contribution in [0.2, 0.25) is 0 Å². The molecule has 1 aromatic carbocycles. The number of hydrogen-bond acceptors (Lipinski definition) is 14. The average molecular weight is 1480 g/mol. The third kappa shape index (κ3) is 21.9. The van der Waals surface area contributed by atoms with Crippen LogP contribution in [0.5, 0.6) is 0 Å². The highest BCUT2D eigenvalue weighted by Gasteiger charge is 2.96. The summed E-state index contributed by atoms with van der Waals surface area (Å²) in [5.41, 5.74) is 9.94. The Balaban J connectivity index is 3.48. The Bertz CT molecular complexity index is 2880. The molecule has 43 heteroatoms. The normalized spacial score (nSPS) is 14.5. The average Bonchev–Trinajstić information content (AvgIpc) is 0.689. The molecule has 24 nitrogen and oxygen atoms in total. The molecule has 97 heavy (non-hydrogen) atoms. The van der Waals surface area contributed by atoms with E-state index in [9.17, 15) is 110 Å². The highest BCUT2D eigenvalue weighted by molar-refractivity contribution is 6.18. The summed E-state index contributed by atoms with van der Waals surface area (Å²) in [6.45, 7) is -2.48. The second-order valence-electron chi connectivity index (χ2n) is 22.6. The van der Waals surface area contributed by atoms with Gasteiger partial charge < -0.3 is 74.3 Å².